The van der Waals surface area contributed by atoms with Crippen molar-refractivity contribution in [2.45, 2.75) is 32.6 Å². The second-order valence-electron chi connectivity index (χ2n) is 7.03. The number of alkyl halides is 1. The SMILES string of the molecule is CC(F)COc1cccc(CCNCc2ccc(CN3CC(=S)NC3=O)nc2)c1. The molecule has 2 N–H and O–H groups in total. The lowest BCUT2D eigenvalue weighted by Crippen LogP contribution is -2.28. The summed E-state index contributed by atoms with van der Waals surface area (Å²) in [5, 5.41) is 6.01. The summed E-state index contributed by atoms with van der Waals surface area (Å²) in [6.07, 6.45) is 1.68. The summed E-state index contributed by atoms with van der Waals surface area (Å²) in [7, 11) is 0. The van der Waals surface area contributed by atoms with Crippen molar-refractivity contribution in [3.05, 3.63) is 59.4 Å². The first kappa shape index (κ1) is 21.1. The molecule has 0 radical (unpaired) electrons. The standard InChI is InChI=1S/C21H25FN4O2S/c1-15(22)14-28-19-4-2-3-16(9-19)7-8-23-10-17-5-6-18(24-11-17)12-26-13-20(29)25-21(26)27/h2-6,9,11,15,23H,7-8,10,12-14H2,1H3,(H,25,27,29). The van der Waals surface area contributed by atoms with Crippen molar-refractivity contribution in [1.82, 2.24) is 20.5 Å². The van der Waals surface area contributed by atoms with Crippen LogP contribution in [0.2, 0.25) is 0 Å². The number of nitrogens with zero attached hydrogens (tertiary/aromatic N) is 2. The van der Waals surface area contributed by atoms with Gasteiger partial charge in [-0.25, -0.2) is 9.18 Å². The third kappa shape index (κ3) is 6.76. The van der Waals surface area contributed by atoms with Crippen molar-refractivity contribution in [3.8, 4) is 5.75 Å². The van der Waals surface area contributed by atoms with Gasteiger partial charge in [-0.05, 0) is 49.2 Å². The Morgan fingerprint density at radius 1 is 1.34 bits per heavy atom. The first-order valence-corrected chi connectivity index (χ1v) is 9.99. The Morgan fingerprint density at radius 2 is 2.21 bits per heavy atom. The molecule has 0 spiro atoms. The van der Waals surface area contributed by atoms with E-state index < -0.39 is 6.17 Å². The van der Waals surface area contributed by atoms with Crippen molar-refractivity contribution in [1.29, 1.82) is 0 Å². The number of hydrogen-bond acceptors (Lipinski definition) is 5. The molecular weight excluding hydrogens is 391 g/mol. The summed E-state index contributed by atoms with van der Waals surface area (Å²) in [5.74, 6) is 0.694. The molecular formula is C21H25FN4O2S. The number of ether oxygens (including phenoxy) is 1. The molecule has 1 saturated heterocycles. The number of aromatic nitrogens is 1. The van der Waals surface area contributed by atoms with E-state index in [-0.39, 0.29) is 12.6 Å². The van der Waals surface area contributed by atoms with E-state index in [1.807, 2.05) is 42.6 Å². The number of urea groups is 1. The van der Waals surface area contributed by atoms with Gasteiger partial charge in [0.05, 0.1) is 18.8 Å². The van der Waals surface area contributed by atoms with Crippen LogP contribution in [-0.2, 0) is 19.5 Å². The summed E-state index contributed by atoms with van der Waals surface area (Å²) in [6, 6.07) is 11.5. The number of amides is 2. The van der Waals surface area contributed by atoms with Gasteiger partial charge in [-0.3, -0.25) is 4.98 Å². The van der Waals surface area contributed by atoms with Gasteiger partial charge in [0.15, 0.2) is 0 Å². The maximum Gasteiger partial charge on any atom is 0.323 e. The van der Waals surface area contributed by atoms with Crippen LogP contribution >= 0.6 is 12.2 Å². The quantitative estimate of drug-likeness (QED) is 0.460. The number of halogens is 1. The van der Waals surface area contributed by atoms with Crippen molar-refractivity contribution in [3.63, 3.8) is 0 Å². The highest BCUT2D eigenvalue weighted by molar-refractivity contribution is 7.80. The Bertz CT molecular complexity index is 845. The lowest BCUT2D eigenvalue weighted by atomic mass is 10.1. The molecule has 29 heavy (non-hydrogen) atoms. The van der Waals surface area contributed by atoms with Gasteiger partial charge in [-0.1, -0.05) is 30.4 Å². The Morgan fingerprint density at radius 3 is 2.90 bits per heavy atom. The van der Waals surface area contributed by atoms with E-state index in [1.54, 1.807) is 4.90 Å². The topological polar surface area (TPSA) is 66.5 Å². The Labute approximate surface area is 175 Å². The molecule has 8 heteroatoms. The van der Waals surface area contributed by atoms with Crippen LogP contribution in [0, 0.1) is 0 Å². The Kier molecular flexibility index (Phi) is 7.48. The lowest BCUT2D eigenvalue weighted by Gasteiger charge is -2.13. The molecule has 2 heterocycles. The van der Waals surface area contributed by atoms with Gasteiger partial charge in [0.2, 0.25) is 0 Å². The summed E-state index contributed by atoms with van der Waals surface area (Å²) >= 11 is 5.01. The second kappa shape index (κ2) is 10.3. The van der Waals surface area contributed by atoms with E-state index in [4.69, 9.17) is 17.0 Å². The van der Waals surface area contributed by atoms with Crippen LogP contribution < -0.4 is 15.4 Å². The Balaban J connectivity index is 1.40. The third-order valence-corrected chi connectivity index (χ3v) is 4.64. The third-order valence-electron chi connectivity index (χ3n) is 4.40. The van der Waals surface area contributed by atoms with Gasteiger partial charge in [-0.2, -0.15) is 0 Å². The molecule has 2 amide bonds. The molecule has 0 saturated carbocycles. The second-order valence-corrected chi connectivity index (χ2v) is 7.53. The van der Waals surface area contributed by atoms with E-state index >= 15 is 0 Å². The van der Waals surface area contributed by atoms with Gasteiger partial charge >= 0.3 is 6.03 Å². The summed E-state index contributed by atoms with van der Waals surface area (Å²) in [4.78, 5) is 18.3. The number of carbonyl (C=O) groups is 1. The summed E-state index contributed by atoms with van der Waals surface area (Å²) in [5.41, 5.74) is 3.04. The monoisotopic (exact) mass is 416 g/mol. The van der Waals surface area contributed by atoms with Crippen molar-refractivity contribution in [2.24, 2.45) is 0 Å². The number of benzene rings is 1. The molecule has 1 aromatic carbocycles. The largest absolute Gasteiger partial charge is 0.491 e. The molecule has 2 aromatic rings. The van der Waals surface area contributed by atoms with Crippen LogP contribution in [0.4, 0.5) is 9.18 Å². The molecule has 3 rings (SSSR count). The molecule has 6 nitrogen and oxygen atoms in total. The molecule has 1 aromatic heterocycles. The van der Waals surface area contributed by atoms with Crippen molar-refractivity contribution in [2.75, 3.05) is 19.7 Å². The number of nitrogens with one attached hydrogen (secondary N) is 2. The molecule has 154 valence electrons. The first-order valence-electron chi connectivity index (χ1n) is 9.58. The van der Waals surface area contributed by atoms with E-state index in [9.17, 15) is 9.18 Å². The van der Waals surface area contributed by atoms with Crippen molar-refractivity contribution < 1.29 is 13.9 Å². The van der Waals surface area contributed by atoms with Crippen LogP contribution in [0.25, 0.3) is 0 Å². The highest BCUT2D eigenvalue weighted by atomic mass is 32.1. The maximum absolute atomic E-state index is 12.9. The molecule has 1 aliphatic heterocycles. The number of pyridine rings is 1. The Hall–Kier alpha value is -2.58. The molecule has 1 atom stereocenters. The first-order chi connectivity index (χ1) is 14.0. The number of hydrogen-bond donors (Lipinski definition) is 2. The average molecular weight is 417 g/mol. The van der Waals surface area contributed by atoms with E-state index in [2.05, 4.69) is 15.6 Å². The fourth-order valence-electron chi connectivity index (χ4n) is 2.93. The molecule has 1 fully saturated rings. The van der Waals surface area contributed by atoms with Gasteiger partial charge < -0.3 is 20.3 Å². The van der Waals surface area contributed by atoms with Crippen LogP contribution in [-0.4, -0.2) is 46.8 Å². The average Bonchev–Trinajstić information content (AvgIpc) is 3.02. The molecule has 0 bridgehead atoms. The fourth-order valence-corrected chi connectivity index (χ4v) is 3.17. The minimum Gasteiger partial charge on any atom is -0.491 e. The van der Waals surface area contributed by atoms with Gasteiger partial charge in [-0.15, -0.1) is 0 Å². The van der Waals surface area contributed by atoms with Crippen LogP contribution in [0.1, 0.15) is 23.7 Å². The minimum absolute atomic E-state index is 0.0693. The highest BCUT2D eigenvalue weighted by Gasteiger charge is 2.23. The van der Waals surface area contributed by atoms with E-state index in [0.717, 1.165) is 29.8 Å². The van der Waals surface area contributed by atoms with E-state index in [1.165, 1.54) is 6.92 Å². The number of thiocarbonyl (C=S) groups is 1. The van der Waals surface area contributed by atoms with Crippen LogP contribution in [0.15, 0.2) is 42.6 Å². The van der Waals surface area contributed by atoms with Crippen molar-refractivity contribution >= 4 is 23.2 Å². The van der Waals surface area contributed by atoms with Crippen LogP contribution in [0.3, 0.4) is 0 Å². The maximum atomic E-state index is 12.9. The molecule has 1 aliphatic rings. The van der Waals surface area contributed by atoms with Gasteiger partial charge in [0.1, 0.15) is 23.5 Å². The van der Waals surface area contributed by atoms with Gasteiger partial charge in [0, 0.05) is 12.7 Å². The van der Waals surface area contributed by atoms with Gasteiger partial charge in [0.25, 0.3) is 0 Å². The predicted molar refractivity (Wildman–Crippen MR) is 114 cm³/mol. The molecule has 0 aliphatic carbocycles. The zero-order chi connectivity index (χ0) is 20.6. The smallest absolute Gasteiger partial charge is 0.323 e. The number of rotatable bonds is 10. The minimum atomic E-state index is -0.981. The fraction of sp³-hybridized carbons (Fsp3) is 0.381. The summed E-state index contributed by atoms with van der Waals surface area (Å²) < 4.78 is 18.3. The summed E-state index contributed by atoms with van der Waals surface area (Å²) in [6.45, 7) is 3.94. The predicted octanol–water partition coefficient (Wildman–Crippen LogP) is 3.00. The zero-order valence-corrected chi connectivity index (χ0v) is 17.2. The lowest BCUT2D eigenvalue weighted by molar-refractivity contribution is 0.209. The highest BCUT2D eigenvalue weighted by Crippen LogP contribution is 2.14. The van der Waals surface area contributed by atoms with E-state index in [0.29, 0.717) is 30.4 Å². The zero-order valence-electron chi connectivity index (χ0n) is 16.4. The number of carbonyl (C=O) groups excluding carboxylic acids is 1. The molecule has 1 unspecified atom stereocenters. The normalized spacial score (nSPS) is 14.8. The van der Waals surface area contributed by atoms with Crippen LogP contribution in [0.5, 0.6) is 5.75 Å².